The molecule has 1 aliphatic rings. The molecule has 46 heavy (non-hydrogen) atoms. The Bertz CT molecular complexity index is 1630. The molecular formula is C28H17BrF11IN2O3. The van der Waals surface area contributed by atoms with Gasteiger partial charge in [-0.1, -0.05) is 6.07 Å². The average molecular weight is 845 g/mol. The highest BCUT2D eigenvalue weighted by molar-refractivity contribution is 14.1. The largest absolute Gasteiger partial charge is 0.573 e. The molecule has 0 aromatic heterocycles. The van der Waals surface area contributed by atoms with Crippen molar-refractivity contribution >= 4 is 61.7 Å². The molecule has 4 rings (SSSR count). The Labute approximate surface area is 274 Å². The fraction of sp³-hybridized carbons (Fsp3) is 0.286. The number of nitrogens with one attached hydrogen (secondary N) is 1. The third kappa shape index (κ3) is 7.52. The number of ether oxygens (including phenoxy) is 1. The maximum atomic E-state index is 15.9. The van der Waals surface area contributed by atoms with E-state index in [-0.39, 0.29) is 29.8 Å². The molecule has 0 spiro atoms. The normalized spacial score (nSPS) is 14.2. The number of anilines is 2. The van der Waals surface area contributed by atoms with Crippen molar-refractivity contribution in [3.05, 3.63) is 85.1 Å². The highest BCUT2D eigenvalue weighted by atomic mass is 127. The fourth-order valence-electron chi connectivity index (χ4n) is 4.28. The van der Waals surface area contributed by atoms with Gasteiger partial charge in [0, 0.05) is 25.7 Å². The van der Waals surface area contributed by atoms with E-state index in [1.54, 1.807) is 17.4 Å². The third-order valence-corrected chi connectivity index (χ3v) is 8.03. The molecule has 3 aromatic carbocycles. The van der Waals surface area contributed by atoms with E-state index >= 15 is 4.39 Å². The predicted molar refractivity (Wildman–Crippen MR) is 154 cm³/mol. The van der Waals surface area contributed by atoms with Crippen LogP contribution in [0.3, 0.4) is 0 Å². The van der Waals surface area contributed by atoms with Crippen LogP contribution in [0.2, 0.25) is 0 Å². The fourth-order valence-corrected chi connectivity index (χ4v) is 5.18. The van der Waals surface area contributed by atoms with E-state index in [1.165, 1.54) is 12.1 Å². The lowest BCUT2D eigenvalue weighted by Gasteiger charge is -2.31. The van der Waals surface area contributed by atoms with Crippen molar-refractivity contribution in [2.24, 2.45) is 5.92 Å². The van der Waals surface area contributed by atoms with Crippen LogP contribution in [0.5, 0.6) is 5.75 Å². The Morgan fingerprint density at radius 2 is 1.50 bits per heavy atom. The molecule has 0 bridgehead atoms. The number of nitrogens with zero attached hydrogens (tertiary/aromatic N) is 1. The molecule has 18 heteroatoms. The summed E-state index contributed by atoms with van der Waals surface area (Å²) >= 11 is 4.47. The van der Waals surface area contributed by atoms with Crippen LogP contribution in [0.25, 0.3) is 0 Å². The van der Waals surface area contributed by atoms with E-state index in [9.17, 15) is 53.5 Å². The van der Waals surface area contributed by atoms with Gasteiger partial charge in [-0.05, 0) is 106 Å². The molecule has 0 heterocycles. The van der Waals surface area contributed by atoms with E-state index < -0.39 is 75.1 Å². The first-order valence-corrected chi connectivity index (χ1v) is 14.6. The number of halogens is 13. The van der Waals surface area contributed by atoms with Crippen molar-refractivity contribution in [3.63, 3.8) is 0 Å². The number of carbonyl (C=O) groups excluding carboxylic acids is 2. The zero-order chi connectivity index (χ0) is 34.4. The summed E-state index contributed by atoms with van der Waals surface area (Å²) in [6.07, 6.45) is -17.7. The number of amides is 2. The van der Waals surface area contributed by atoms with Crippen molar-refractivity contribution in [1.29, 1.82) is 0 Å². The molecule has 0 atom stereocenters. The summed E-state index contributed by atoms with van der Waals surface area (Å²) in [5.74, 6) is -5.35. The molecule has 3 aromatic rings. The smallest absolute Gasteiger partial charge is 0.404 e. The Kier molecular flexibility index (Phi) is 9.93. The van der Waals surface area contributed by atoms with Crippen LogP contribution in [-0.4, -0.2) is 37.1 Å². The first-order chi connectivity index (χ1) is 21.1. The van der Waals surface area contributed by atoms with Crippen molar-refractivity contribution in [2.75, 3.05) is 16.8 Å². The van der Waals surface area contributed by atoms with Crippen LogP contribution in [0.15, 0.2) is 59.1 Å². The number of carbonyl (C=O) groups is 2. The second-order valence-electron chi connectivity index (χ2n) is 9.99. The molecule has 0 saturated heterocycles. The summed E-state index contributed by atoms with van der Waals surface area (Å²) in [4.78, 5) is 27.6. The van der Waals surface area contributed by atoms with Crippen LogP contribution in [0.1, 0.15) is 39.1 Å². The first-order valence-electron chi connectivity index (χ1n) is 12.7. The topological polar surface area (TPSA) is 58.6 Å². The minimum absolute atomic E-state index is 0.0113. The number of hydrogen-bond acceptors (Lipinski definition) is 3. The van der Waals surface area contributed by atoms with Gasteiger partial charge in [0.1, 0.15) is 0 Å². The van der Waals surface area contributed by atoms with E-state index in [1.807, 2.05) is 22.6 Å². The molecule has 2 amide bonds. The molecular weight excluding hydrogens is 828 g/mol. The van der Waals surface area contributed by atoms with Gasteiger partial charge in [-0.25, -0.2) is 8.78 Å². The summed E-state index contributed by atoms with van der Waals surface area (Å²) in [6, 6.07) is 8.73. The minimum Gasteiger partial charge on any atom is -0.404 e. The van der Waals surface area contributed by atoms with E-state index in [0.717, 1.165) is 39.5 Å². The van der Waals surface area contributed by atoms with E-state index in [4.69, 9.17) is 0 Å². The van der Waals surface area contributed by atoms with Crippen molar-refractivity contribution in [2.45, 2.75) is 37.2 Å². The third-order valence-electron chi connectivity index (χ3n) is 6.69. The van der Waals surface area contributed by atoms with Gasteiger partial charge in [0.15, 0.2) is 11.6 Å². The summed E-state index contributed by atoms with van der Waals surface area (Å²) < 4.78 is 153. The molecule has 5 nitrogen and oxygen atoms in total. The van der Waals surface area contributed by atoms with Gasteiger partial charge < -0.3 is 15.0 Å². The summed E-state index contributed by atoms with van der Waals surface area (Å²) in [5.41, 5.74) is -10.8. The molecule has 1 aliphatic carbocycles. The average Bonchev–Trinajstić information content (AvgIpc) is 3.75. The van der Waals surface area contributed by atoms with Gasteiger partial charge in [-0.2, -0.15) is 26.3 Å². The van der Waals surface area contributed by atoms with E-state index in [0.29, 0.717) is 0 Å². The van der Waals surface area contributed by atoms with Gasteiger partial charge in [-0.3, -0.25) is 9.59 Å². The zero-order valence-electron chi connectivity index (χ0n) is 22.5. The quantitative estimate of drug-likeness (QED) is 0.182. The molecule has 0 aliphatic heterocycles. The van der Waals surface area contributed by atoms with Crippen LogP contribution in [-0.2, 0) is 5.67 Å². The Morgan fingerprint density at radius 3 is 2.02 bits per heavy atom. The van der Waals surface area contributed by atoms with Gasteiger partial charge in [-0.15, -0.1) is 13.2 Å². The molecule has 1 fully saturated rings. The number of benzene rings is 3. The van der Waals surface area contributed by atoms with E-state index in [2.05, 4.69) is 20.7 Å². The number of alkyl halides is 10. The second kappa shape index (κ2) is 12.8. The van der Waals surface area contributed by atoms with Crippen LogP contribution in [0, 0.1) is 15.3 Å². The maximum absolute atomic E-state index is 15.9. The Morgan fingerprint density at radius 1 is 0.913 bits per heavy atom. The monoisotopic (exact) mass is 844 g/mol. The lowest BCUT2D eigenvalue weighted by molar-refractivity contribution is -0.348. The van der Waals surface area contributed by atoms with Crippen LogP contribution >= 0.6 is 38.5 Å². The summed E-state index contributed by atoms with van der Waals surface area (Å²) in [7, 11) is 0. The van der Waals surface area contributed by atoms with Crippen molar-refractivity contribution < 1.29 is 62.6 Å². The van der Waals surface area contributed by atoms with Gasteiger partial charge in [0.2, 0.25) is 0 Å². The number of rotatable bonds is 8. The lowest BCUT2D eigenvalue weighted by Crippen LogP contribution is -2.50. The first kappa shape index (κ1) is 35.7. The highest BCUT2D eigenvalue weighted by Crippen LogP contribution is 2.55. The molecule has 0 unspecified atom stereocenters. The minimum atomic E-state index is -6.68. The van der Waals surface area contributed by atoms with Crippen molar-refractivity contribution in [3.8, 4) is 5.75 Å². The number of hydrogen-bond donors (Lipinski definition) is 1. The SMILES string of the molecule is O=C(Nc1c(Br)cc(C(F)(C(F)(F)F)C(F)(F)F)cc1OC(F)(F)F)c1cccc(N(CC2CC2)C(=O)c2ccc(I)cc2)c1F. The van der Waals surface area contributed by atoms with Crippen LogP contribution < -0.4 is 15.0 Å². The van der Waals surface area contributed by atoms with Crippen molar-refractivity contribution in [1.82, 2.24) is 0 Å². The lowest BCUT2D eigenvalue weighted by atomic mass is 9.93. The standard InChI is InChI=1S/C28H17BrF11IN2O3/c29-18-10-15(25(31,26(32,33)34)27(35,36)37)11-20(46-28(38,39)40)22(18)42-23(44)17-2-1-3-19(21(17)30)43(12-13-4-5-13)24(45)14-6-8-16(41)9-7-14/h1-3,6-11,13H,4-5,12H2,(H,42,44). The predicted octanol–water partition coefficient (Wildman–Crippen LogP) is 9.69. The summed E-state index contributed by atoms with van der Waals surface area (Å²) in [5, 5.41) is 1.76. The Hall–Kier alpha value is -3.16. The highest BCUT2D eigenvalue weighted by Gasteiger charge is 2.73. The Balaban J connectivity index is 1.76. The second-order valence-corrected chi connectivity index (χ2v) is 12.1. The van der Waals surface area contributed by atoms with Gasteiger partial charge in [0.05, 0.1) is 16.9 Å². The molecule has 1 saturated carbocycles. The summed E-state index contributed by atoms with van der Waals surface area (Å²) in [6.45, 7) is 0.0484. The maximum Gasteiger partial charge on any atom is 0.573 e. The van der Waals surface area contributed by atoms with Gasteiger partial charge in [0.25, 0.3) is 11.8 Å². The molecule has 1 N–H and O–H groups in total. The molecule has 248 valence electrons. The molecule has 0 radical (unpaired) electrons. The zero-order valence-corrected chi connectivity index (χ0v) is 26.2. The van der Waals surface area contributed by atoms with Gasteiger partial charge >= 0.3 is 24.4 Å². The van der Waals surface area contributed by atoms with Crippen LogP contribution in [0.4, 0.5) is 59.7 Å².